The number of ether oxygens (including phenoxy) is 1. The maximum atomic E-state index is 5.45. The molecule has 0 amide bonds. The Morgan fingerprint density at radius 2 is 1.84 bits per heavy atom. The number of hydrogen-bond donors (Lipinski definition) is 1. The van der Waals surface area contributed by atoms with Crippen LogP contribution in [0.5, 0.6) is 5.75 Å². The average molecular weight is 353 g/mol. The molecule has 0 saturated carbocycles. The fourth-order valence-corrected chi connectivity index (χ4v) is 3.49. The monoisotopic (exact) mass is 353 g/mol. The van der Waals surface area contributed by atoms with Crippen LogP contribution in [0.2, 0.25) is 0 Å². The van der Waals surface area contributed by atoms with Crippen molar-refractivity contribution in [3.8, 4) is 16.9 Å². The van der Waals surface area contributed by atoms with Crippen LogP contribution in [0.15, 0.2) is 48.5 Å². The zero-order valence-corrected chi connectivity index (χ0v) is 15.6. The molecule has 1 aromatic heterocycles. The first-order valence-corrected chi connectivity index (χ1v) is 9.24. The largest absolute Gasteiger partial charge is 0.496 e. The molecule has 0 fully saturated rings. The molecule has 0 aliphatic carbocycles. The van der Waals surface area contributed by atoms with Crippen molar-refractivity contribution in [3.63, 3.8) is 0 Å². The van der Waals surface area contributed by atoms with E-state index in [9.17, 15) is 0 Å². The molecule has 2 aromatic carbocycles. The molecule has 0 radical (unpaired) electrons. The van der Waals surface area contributed by atoms with E-state index in [1.807, 2.05) is 25.1 Å². The molecule has 1 heterocycles. The standard InChI is InChI=1S/C20H23N3OS/c1-14(21-13-12-20-23-22-15(2)25-20)16-8-10-17(11-9-16)18-6-4-5-7-19(18)24-3/h4-11,14,21H,12-13H2,1-3H3. The van der Waals surface area contributed by atoms with Crippen LogP contribution < -0.4 is 10.1 Å². The van der Waals surface area contributed by atoms with Crippen LogP contribution in [0, 0.1) is 6.92 Å². The zero-order chi connectivity index (χ0) is 17.6. The lowest BCUT2D eigenvalue weighted by molar-refractivity contribution is 0.416. The second-order valence-corrected chi connectivity index (χ2v) is 7.23. The van der Waals surface area contributed by atoms with E-state index in [1.54, 1.807) is 18.4 Å². The quantitative estimate of drug-likeness (QED) is 0.683. The summed E-state index contributed by atoms with van der Waals surface area (Å²) in [6.07, 6.45) is 0.912. The van der Waals surface area contributed by atoms with E-state index in [2.05, 4.69) is 52.8 Å². The molecule has 0 aliphatic heterocycles. The Morgan fingerprint density at radius 1 is 1.08 bits per heavy atom. The Morgan fingerprint density at radius 3 is 2.52 bits per heavy atom. The minimum absolute atomic E-state index is 0.292. The number of benzene rings is 2. The van der Waals surface area contributed by atoms with Crippen LogP contribution in [0.4, 0.5) is 0 Å². The van der Waals surface area contributed by atoms with Crippen LogP contribution in [0.1, 0.15) is 28.5 Å². The van der Waals surface area contributed by atoms with Gasteiger partial charge in [0.15, 0.2) is 0 Å². The smallest absolute Gasteiger partial charge is 0.126 e. The Labute approximate surface area is 152 Å². The maximum Gasteiger partial charge on any atom is 0.126 e. The van der Waals surface area contributed by atoms with Gasteiger partial charge in [-0.05, 0) is 31.0 Å². The number of methoxy groups -OCH3 is 1. The Balaban J connectivity index is 1.61. The first-order valence-electron chi connectivity index (χ1n) is 8.43. The highest BCUT2D eigenvalue weighted by Gasteiger charge is 2.08. The Kier molecular flexibility index (Phi) is 5.79. The number of aryl methyl sites for hydroxylation is 1. The number of nitrogens with zero attached hydrogens (tertiary/aromatic N) is 2. The van der Waals surface area contributed by atoms with Crippen LogP contribution >= 0.6 is 11.3 Å². The molecule has 25 heavy (non-hydrogen) atoms. The van der Waals surface area contributed by atoms with Crippen molar-refractivity contribution in [3.05, 3.63) is 64.1 Å². The lowest BCUT2D eigenvalue weighted by atomic mass is 10.0. The number of para-hydroxylation sites is 1. The van der Waals surface area contributed by atoms with Crippen molar-refractivity contribution >= 4 is 11.3 Å². The summed E-state index contributed by atoms with van der Waals surface area (Å²) >= 11 is 1.66. The van der Waals surface area contributed by atoms with E-state index in [0.717, 1.165) is 39.9 Å². The maximum absolute atomic E-state index is 5.45. The molecule has 0 spiro atoms. The average Bonchev–Trinajstić information content (AvgIpc) is 3.07. The van der Waals surface area contributed by atoms with Crippen molar-refractivity contribution in [2.45, 2.75) is 26.3 Å². The molecule has 3 aromatic rings. The fourth-order valence-electron chi connectivity index (χ4n) is 2.79. The summed E-state index contributed by atoms with van der Waals surface area (Å²) in [6.45, 7) is 5.06. The van der Waals surface area contributed by atoms with Crippen LogP contribution in [-0.4, -0.2) is 23.9 Å². The van der Waals surface area contributed by atoms with Crippen LogP contribution in [-0.2, 0) is 6.42 Å². The first kappa shape index (κ1) is 17.6. The minimum atomic E-state index is 0.292. The normalized spacial score (nSPS) is 12.1. The van der Waals surface area contributed by atoms with E-state index in [-0.39, 0.29) is 0 Å². The number of nitrogens with one attached hydrogen (secondary N) is 1. The first-order chi connectivity index (χ1) is 12.2. The molecule has 1 unspecified atom stereocenters. The SMILES string of the molecule is COc1ccccc1-c1ccc(C(C)NCCc2nnc(C)s2)cc1. The lowest BCUT2D eigenvalue weighted by Crippen LogP contribution is -2.21. The lowest BCUT2D eigenvalue weighted by Gasteiger charge is -2.15. The molecule has 130 valence electrons. The molecule has 3 rings (SSSR count). The molecule has 0 bridgehead atoms. The van der Waals surface area contributed by atoms with Gasteiger partial charge in [0.1, 0.15) is 15.8 Å². The number of hydrogen-bond acceptors (Lipinski definition) is 5. The van der Waals surface area contributed by atoms with Crippen LogP contribution in [0.25, 0.3) is 11.1 Å². The molecule has 5 heteroatoms. The van der Waals surface area contributed by atoms with E-state index in [4.69, 9.17) is 4.74 Å². The van der Waals surface area contributed by atoms with Crippen molar-refractivity contribution in [2.24, 2.45) is 0 Å². The van der Waals surface area contributed by atoms with Crippen LogP contribution in [0.3, 0.4) is 0 Å². The highest BCUT2D eigenvalue weighted by molar-refractivity contribution is 7.11. The molecule has 0 aliphatic rings. The predicted octanol–water partition coefficient (Wildman–Crippen LogP) is 4.42. The van der Waals surface area contributed by atoms with Gasteiger partial charge in [0.05, 0.1) is 7.11 Å². The highest BCUT2D eigenvalue weighted by atomic mass is 32.1. The van der Waals surface area contributed by atoms with Gasteiger partial charge >= 0.3 is 0 Å². The van der Waals surface area contributed by atoms with Crippen molar-refractivity contribution in [2.75, 3.05) is 13.7 Å². The molecule has 1 N–H and O–H groups in total. The molecule has 0 saturated heterocycles. The molecular formula is C20H23N3OS. The van der Waals surface area contributed by atoms with Crippen molar-refractivity contribution < 1.29 is 4.74 Å². The molecule has 1 atom stereocenters. The van der Waals surface area contributed by atoms with Crippen molar-refractivity contribution in [1.82, 2.24) is 15.5 Å². The van der Waals surface area contributed by atoms with E-state index in [0.29, 0.717) is 6.04 Å². The van der Waals surface area contributed by atoms with Gasteiger partial charge < -0.3 is 10.1 Å². The van der Waals surface area contributed by atoms with E-state index >= 15 is 0 Å². The van der Waals surface area contributed by atoms with E-state index < -0.39 is 0 Å². The zero-order valence-electron chi connectivity index (χ0n) is 14.8. The Hall–Kier alpha value is -2.24. The number of rotatable bonds is 7. The third-order valence-corrected chi connectivity index (χ3v) is 5.08. The third-order valence-electron chi connectivity index (χ3n) is 4.19. The topological polar surface area (TPSA) is 47.0 Å². The van der Waals surface area contributed by atoms with Gasteiger partial charge in [0.2, 0.25) is 0 Å². The summed E-state index contributed by atoms with van der Waals surface area (Å²) in [5.74, 6) is 0.897. The summed E-state index contributed by atoms with van der Waals surface area (Å²) in [5, 5.41) is 13.9. The fraction of sp³-hybridized carbons (Fsp3) is 0.300. The summed E-state index contributed by atoms with van der Waals surface area (Å²) in [5.41, 5.74) is 3.55. The highest BCUT2D eigenvalue weighted by Crippen LogP contribution is 2.30. The molecule has 4 nitrogen and oxygen atoms in total. The van der Waals surface area contributed by atoms with Gasteiger partial charge in [0.25, 0.3) is 0 Å². The van der Waals surface area contributed by atoms with Gasteiger partial charge in [-0.2, -0.15) is 0 Å². The van der Waals surface area contributed by atoms with Gasteiger partial charge in [-0.3, -0.25) is 0 Å². The predicted molar refractivity (Wildman–Crippen MR) is 103 cm³/mol. The van der Waals surface area contributed by atoms with Gasteiger partial charge in [-0.1, -0.05) is 42.5 Å². The van der Waals surface area contributed by atoms with Crippen molar-refractivity contribution in [1.29, 1.82) is 0 Å². The van der Waals surface area contributed by atoms with E-state index in [1.165, 1.54) is 5.56 Å². The summed E-state index contributed by atoms with van der Waals surface area (Å²) in [6, 6.07) is 17.0. The molecular weight excluding hydrogens is 330 g/mol. The summed E-state index contributed by atoms with van der Waals surface area (Å²) < 4.78 is 5.45. The third kappa shape index (κ3) is 4.44. The number of aromatic nitrogens is 2. The summed E-state index contributed by atoms with van der Waals surface area (Å²) in [7, 11) is 1.71. The van der Waals surface area contributed by atoms with Gasteiger partial charge in [0, 0.05) is 24.6 Å². The second kappa shape index (κ2) is 8.23. The Bertz CT molecular complexity index is 814. The minimum Gasteiger partial charge on any atom is -0.496 e. The second-order valence-electron chi connectivity index (χ2n) is 5.96. The summed E-state index contributed by atoms with van der Waals surface area (Å²) in [4.78, 5) is 0. The van der Waals surface area contributed by atoms with Gasteiger partial charge in [-0.25, -0.2) is 0 Å². The van der Waals surface area contributed by atoms with Gasteiger partial charge in [-0.15, -0.1) is 21.5 Å².